The Morgan fingerprint density at radius 1 is 1.53 bits per heavy atom. The summed E-state index contributed by atoms with van der Waals surface area (Å²) in [7, 11) is 1.70. The minimum Gasteiger partial charge on any atom is -0.480 e. The number of hydrogen-bond acceptors (Lipinski definition) is 4. The fraction of sp³-hybridized carbons (Fsp3) is 0.846. The predicted molar refractivity (Wildman–Crippen MR) is 72.7 cm³/mol. The van der Waals surface area contributed by atoms with Crippen molar-refractivity contribution in [3.05, 3.63) is 0 Å². The highest BCUT2D eigenvalue weighted by atomic mass is 16.4. The Bertz CT molecular complexity index is 331. The van der Waals surface area contributed by atoms with E-state index in [1.165, 1.54) is 0 Å². The van der Waals surface area contributed by atoms with Crippen molar-refractivity contribution < 1.29 is 14.7 Å². The van der Waals surface area contributed by atoms with Crippen molar-refractivity contribution in [1.29, 1.82) is 0 Å². The molecule has 3 unspecified atom stereocenters. The number of amides is 1. The second-order valence-corrected chi connectivity index (χ2v) is 5.36. The zero-order chi connectivity index (χ0) is 14.5. The summed E-state index contributed by atoms with van der Waals surface area (Å²) >= 11 is 0. The van der Waals surface area contributed by atoms with E-state index in [-0.39, 0.29) is 17.9 Å². The zero-order valence-electron chi connectivity index (χ0n) is 11.7. The summed E-state index contributed by atoms with van der Waals surface area (Å²) in [4.78, 5) is 22.8. The standard InChI is InChI=1S/C13H25N3O3/c1-3-16-13(12(18)19)6-4-5-9(8-13)7-10(15-2)11(14)17/h9-10,15-16H,3-8H2,1-2H3,(H2,14,17)(H,18,19). The van der Waals surface area contributed by atoms with Gasteiger partial charge in [-0.25, -0.2) is 0 Å². The molecule has 1 rings (SSSR count). The molecule has 0 aromatic rings. The van der Waals surface area contributed by atoms with Crippen molar-refractivity contribution in [2.24, 2.45) is 11.7 Å². The summed E-state index contributed by atoms with van der Waals surface area (Å²) in [6.07, 6.45) is 3.62. The molecule has 0 heterocycles. The van der Waals surface area contributed by atoms with E-state index in [0.717, 1.165) is 12.8 Å². The van der Waals surface area contributed by atoms with Gasteiger partial charge in [-0.2, -0.15) is 0 Å². The largest absolute Gasteiger partial charge is 0.480 e. The number of hydrogen-bond donors (Lipinski definition) is 4. The van der Waals surface area contributed by atoms with Crippen LogP contribution in [0.15, 0.2) is 0 Å². The maximum atomic E-state index is 11.5. The Balaban J connectivity index is 2.72. The number of carboxylic acid groups (broad SMARTS) is 1. The second kappa shape index (κ2) is 6.86. The molecule has 0 aromatic heterocycles. The van der Waals surface area contributed by atoms with Crippen LogP contribution in [0, 0.1) is 5.92 Å². The molecule has 3 atom stereocenters. The summed E-state index contributed by atoms with van der Waals surface area (Å²) in [5.74, 6) is -0.967. The van der Waals surface area contributed by atoms with Crippen molar-refractivity contribution in [1.82, 2.24) is 10.6 Å². The summed E-state index contributed by atoms with van der Waals surface area (Å²) in [6.45, 7) is 2.54. The third-order valence-corrected chi connectivity index (χ3v) is 4.04. The highest BCUT2D eigenvalue weighted by molar-refractivity contribution is 5.80. The molecule has 0 radical (unpaired) electrons. The topological polar surface area (TPSA) is 104 Å². The molecule has 0 spiro atoms. The summed E-state index contributed by atoms with van der Waals surface area (Å²) in [5, 5.41) is 15.5. The number of nitrogens with two attached hydrogens (primary N) is 1. The predicted octanol–water partition coefficient (Wildman–Crippen LogP) is 0.0729. The summed E-state index contributed by atoms with van der Waals surface area (Å²) in [6, 6.07) is -0.378. The Kier molecular flexibility index (Phi) is 5.75. The van der Waals surface area contributed by atoms with Crippen LogP contribution in [0.1, 0.15) is 39.0 Å². The molecule has 1 saturated carbocycles. The number of carbonyl (C=O) groups excluding carboxylic acids is 1. The first kappa shape index (κ1) is 15.9. The van der Waals surface area contributed by atoms with E-state index >= 15 is 0 Å². The van der Waals surface area contributed by atoms with Crippen molar-refractivity contribution in [2.45, 2.75) is 50.6 Å². The molecular formula is C13H25N3O3. The van der Waals surface area contributed by atoms with Crippen LogP contribution in [0.3, 0.4) is 0 Å². The van der Waals surface area contributed by atoms with Gasteiger partial charge < -0.3 is 21.5 Å². The first-order chi connectivity index (χ1) is 8.95. The molecule has 19 heavy (non-hydrogen) atoms. The van der Waals surface area contributed by atoms with Crippen molar-refractivity contribution in [2.75, 3.05) is 13.6 Å². The third kappa shape index (κ3) is 3.91. The van der Waals surface area contributed by atoms with Gasteiger partial charge in [-0.05, 0) is 38.8 Å². The minimum absolute atomic E-state index is 0.203. The molecule has 1 amide bonds. The van der Waals surface area contributed by atoms with Gasteiger partial charge in [0.15, 0.2) is 0 Å². The van der Waals surface area contributed by atoms with Crippen molar-refractivity contribution in [3.63, 3.8) is 0 Å². The van der Waals surface area contributed by atoms with Crippen LogP contribution in [0.5, 0.6) is 0 Å². The fourth-order valence-electron chi connectivity index (χ4n) is 3.07. The Hall–Kier alpha value is -1.14. The molecule has 0 aromatic carbocycles. The van der Waals surface area contributed by atoms with Crippen LogP contribution >= 0.6 is 0 Å². The molecule has 1 fully saturated rings. The summed E-state index contributed by atoms with van der Waals surface area (Å²) in [5.41, 5.74) is 4.48. The lowest BCUT2D eigenvalue weighted by atomic mass is 9.73. The summed E-state index contributed by atoms with van der Waals surface area (Å²) < 4.78 is 0. The van der Waals surface area contributed by atoms with Gasteiger partial charge in [-0.15, -0.1) is 0 Å². The quantitative estimate of drug-likeness (QED) is 0.524. The van der Waals surface area contributed by atoms with Gasteiger partial charge in [0, 0.05) is 0 Å². The number of likely N-dealkylation sites (N-methyl/N-ethyl adjacent to an activating group) is 2. The van der Waals surface area contributed by atoms with Gasteiger partial charge in [0.25, 0.3) is 0 Å². The van der Waals surface area contributed by atoms with Gasteiger partial charge in [0.1, 0.15) is 5.54 Å². The van der Waals surface area contributed by atoms with Gasteiger partial charge >= 0.3 is 5.97 Å². The Morgan fingerprint density at radius 3 is 2.68 bits per heavy atom. The van der Waals surface area contributed by atoms with Crippen molar-refractivity contribution >= 4 is 11.9 Å². The zero-order valence-corrected chi connectivity index (χ0v) is 11.7. The van der Waals surface area contributed by atoms with Crippen LogP contribution in [0.2, 0.25) is 0 Å². The molecular weight excluding hydrogens is 246 g/mol. The molecule has 1 aliphatic carbocycles. The third-order valence-electron chi connectivity index (χ3n) is 4.04. The number of rotatable bonds is 7. The smallest absolute Gasteiger partial charge is 0.323 e. The lowest BCUT2D eigenvalue weighted by Gasteiger charge is -2.39. The monoisotopic (exact) mass is 271 g/mol. The molecule has 1 aliphatic rings. The van der Waals surface area contributed by atoms with Crippen molar-refractivity contribution in [3.8, 4) is 0 Å². The average Bonchev–Trinajstić information content (AvgIpc) is 2.36. The highest BCUT2D eigenvalue weighted by Gasteiger charge is 2.42. The van der Waals surface area contributed by atoms with E-state index in [1.54, 1.807) is 7.05 Å². The number of aliphatic carboxylic acids is 1. The van der Waals surface area contributed by atoms with E-state index in [0.29, 0.717) is 25.8 Å². The normalized spacial score (nSPS) is 28.8. The maximum absolute atomic E-state index is 11.5. The van der Waals surface area contributed by atoms with E-state index in [9.17, 15) is 14.7 Å². The minimum atomic E-state index is -0.840. The first-order valence-electron chi connectivity index (χ1n) is 6.90. The SMILES string of the molecule is CCNC1(C(=O)O)CCCC(CC(NC)C(N)=O)C1. The van der Waals surface area contributed by atoms with Gasteiger partial charge in [-0.1, -0.05) is 19.8 Å². The molecule has 0 saturated heterocycles. The maximum Gasteiger partial charge on any atom is 0.323 e. The number of primary amides is 1. The van der Waals surface area contributed by atoms with E-state index in [1.807, 2.05) is 6.92 Å². The van der Waals surface area contributed by atoms with E-state index in [4.69, 9.17) is 5.73 Å². The molecule has 110 valence electrons. The second-order valence-electron chi connectivity index (χ2n) is 5.36. The average molecular weight is 271 g/mol. The van der Waals surface area contributed by atoms with Gasteiger partial charge in [0.2, 0.25) is 5.91 Å². The molecule has 0 aliphatic heterocycles. The van der Waals surface area contributed by atoms with Gasteiger partial charge in [0.05, 0.1) is 6.04 Å². The van der Waals surface area contributed by atoms with E-state index < -0.39 is 11.5 Å². The lowest BCUT2D eigenvalue weighted by Crippen LogP contribution is -2.55. The highest BCUT2D eigenvalue weighted by Crippen LogP contribution is 2.35. The van der Waals surface area contributed by atoms with Gasteiger partial charge in [-0.3, -0.25) is 9.59 Å². The first-order valence-corrected chi connectivity index (χ1v) is 6.90. The Labute approximate surface area is 114 Å². The fourth-order valence-corrected chi connectivity index (χ4v) is 3.07. The molecule has 6 heteroatoms. The number of carboxylic acids is 1. The lowest BCUT2D eigenvalue weighted by molar-refractivity contribution is -0.147. The number of nitrogens with one attached hydrogen (secondary N) is 2. The molecule has 0 bridgehead atoms. The van der Waals surface area contributed by atoms with Crippen LogP contribution in [-0.4, -0.2) is 42.2 Å². The van der Waals surface area contributed by atoms with Crippen LogP contribution in [-0.2, 0) is 9.59 Å². The van der Waals surface area contributed by atoms with Crippen LogP contribution in [0.4, 0.5) is 0 Å². The van der Waals surface area contributed by atoms with E-state index in [2.05, 4.69) is 10.6 Å². The Morgan fingerprint density at radius 2 is 2.21 bits per heavy atom. The van der Waals surface area contributed by atoms with Crippen LogP contribution < -0.4 is 16.4 Å². The number of carbonyl (C=O) groups is 2. The molecule has 6 nitrogen and oxygen atoms in total. The van der Waals surface area contributed by atoms with Crippen LogP contribution in [0.25, 0.3) is 0 Å². The molecule has 5 N–H and O–H groups in total.